The lowest BCUT2D eigenvalue weighted by atomic mass is 9.63. The second-order valence-corrected chi connectivity index (χ2v) is 9.82. The molecule has 188 valence electrons. The van der Waals surface area contributed by atoms with Crippen molar-refractivity contribution in [2.75, 3.05) is 7.11 Å². The fraction of sp³-hybridized carbons (Fsp3) is 0.233. The zero-order valence-corrected chi connectivity index (χ0v) is 20.3. The maximum atomic E-state index is 11.9. The zero-order chi connectivity index (χ0) is 25.8. The van der Waals surface area contributed by atoms with Gasteiger partial charge in [-0.1, -0.05) is 23.8 Å². The number of phenolic OH excluding ortho intramolecular Hbond substituents is 3. The smallest absolute Gasteiger partial charge is 0.336 e. The first-order valence-electron chi connectivity index (χ1n) is 12.1. The Morgan fingerprint density at radius 3 is 2.54 bits per heavy atom. The Bertz CT molecular complexity index is 1620. The van der Waals surface area contributed by atoms with Gasteiger partial charge in [-0.25, -0.2) is 4.79 Å². The lowest BCUT2D eigenvalue weighted by Crippen LogP contribution is -2.36. The molecule has 37 heavy (non-hydrogen) atoms. The third-order valence-corrected chi connectivity index (χ3v) is 7.54. The molecule has 2 heterocycles. The van der Waals surface area contributed by atoms with Gasteiger partial charge in [0.05, 0.1) is 7.11 Å². The Hall–Kier alpha value is -4.39. The highest BCUT2D eigenvalue weighted by Crippen LogP contribution is 2.58. The van der Waals surface area contributed by atoms with Crippen LogP contribution in [0.25, 0.3) is 11.0 Å². The Balaban J connectivity index is 1.59. The molecule has 2 unspecified atom stereocenters. The molecule has 6 rings (SSSR count). The van der Waals surface area contributed by atoms with E-state index in [-0.39, 0.29) is 35.0 Å². The van der Waals surface area contributed by atoms with Crippen LogP contribution >= 0.6 is 0 Å². The molecular formula is C30H26O7. The highest BCUT2D eigenvalue weighted by molar-refractivity contribution is 5.80. The van der Waals surface area contributed by atoms with Gasteiger partial charge in [-0.15, -0.1) is 0 Å². The van der Waals surface area contributed by atoms with Gasteiger partial charge in [0.2, 0.25) is 0 Å². The summed E-state index contributed by atoms with van der Waals surface area (Å²) in [5, 5.41) is 31.2. The van der Waals surface area contributed by atoms with E-state index in [4.69, 9.17) is 13.9 Å². The second-order valence-electron chi connectivity index (χ2n) is 9.82. The van der Waals surface area contributed by atoms with Gasteiger partial charge in [0, 0.05) is 41.0 Å². The van der Waals surface area contributed by atoms with E-state index >= 15 is 0 Å². The molecular weight excluding hydrogens is 472 g/mol. The van der Waals surface area contributed by atoms with Gasteiger partial charge in [0.1, 0.15) is 28.9 Å². The van der Waals surface area contributed by atoms with Crippen molar-refractivity contribution in [2.24, 2.45) is 5.92 Å². The average Bonchev–Trinajstić information content (AvgIpc) is 2.88. The number of hydrogen-bond donors (Lipinski definition) is 3. The first kappa shape index (κ1) is 23.0. The summed E-state index contributed by atoms with van der Waals surface area (Å²) in [4.78, 5) is 11.9. The fourth-order valence-electron chi connectivity index (χ4n) is 5.94. The topological polar surface area (TPSA) is 109 Å². The number of aromatic hydroxyl groups is 3. The molecule has 1 aromatic heterocycles. The lowest BCUT2D eigenvalue weighted by Gasteiger charge is -2.46. The van der Waals surface area contributed by atoms with Crippen LogP contribution in [0.2, 0.25) is 0 Å². The first-order valence-corrected chi connectivity index (χ1v) is 12.1. The summed E-state index contributed by atoms with van der Waals surface area (Å²) in [6, 6.07) is 16.8. The molecule has 0 radical (unpaired) electrons. The van der Waals surface area contributed by atoms with Gasteiger partial charge >= 0.3 is 5.63 Å². The van der Waals surface area contributed by atoms with Crippen LogP contribution in [-0.4, -0.2) is 22.4 Å². The molecule has 3 N–H and O–H groups in total. The number of rotatable bonds is 3. The summed E-state index contributed by atoms with van der Waals surface area (Å²) in [7, 11) is 1.59. The Morgan fingerprint density at radius 2 is 1.76 bits per heavy atom. The van der Waals surface area contributed by atoms with Crippen LogP contribution in [0.5, 0.6) is 28.7 Å². The van der Waals surface area contributed by atoms with Crippen LogP contribution < -0.4 is 15.1 Å². The van der Waals surface area contributed by atoms with Crippen LogP contribution in [-0.2, 0) is 0 Å². The van der Waals surface area contributed by atoms with Crippen molar-refractivity contribution in [3.63, 3.8) is 0 Å². The maximum absolute atomic E-state index is 11.9. The molecule has 4 aromatic rings. The molecule has 0 saturated heterocycles. The Morgan fingerprint density at radius 1 is 0.919 bits per heavy atom. The SMILES string of the molecule is COc1cc(O)ccc1C1CC(C)=CC2c3cc4ccc(=O)oc4cc3O[C@H](c3ccc(O)c(O)c3)[C@H]21. The molecule has 0 fully saturated rings. The molecule has 0 spiro atoms. The van der Waals surface area contributed by atoms with E-state index in [1.54, 1.807) is 37.4 Å². The van der Waals surface area contributed by atoms with Gasteiger partial charge in [0.15, 0.2) is 11.5 Å². The number of phenols is 3. The molecule has 7 heteroatoms. The van der Waals surface area contributed by atoms with Gasteiger partial charge < -0.3 is 29.2 Å². The molecule has 3 aromatic carbocycles. The van der Waals surface area contributed by atoms with Crippen molar-refractivity contribution < 1.29 is 29.2 Å². The minimum Gasteiger partial charge on any atom is -0.508 e. The summed E-state index contributed by atoms with van der Waals surface area (Å²) < 4.78 is 17.7. The predicted molar refractivity (Wildman–Crippen MR) is 138 cm³/mol. The monoisotopic (exact) mass is 498 g/mol. The summed E-state index contributed by atoms with van der Waals surface area (Å²) >= 11 is 0. The normalized spacial score (nSPS) is 22.5. The van der Waals surface area contributed by atoms with E-state index in [1.807, 2.05) is 12.1 Å². The molecule has 0 bridgehead atoms. The maximum Gasteiger partial charge on any atom is 0.336 e. The molecule has 4 atom stereocenters. The Kier molecular flexibility index (Phi) is 5.37. The van der Waals surface area contributed by atoms with Gasteiger partial charge in [-0.3, -0.25) is 0 Å². The predicted octanol–water partition coefficient (Wildman–Crippen LogP) is 5.89. The van der Waals surface area contributed by atoms with Crippen LogP contribution in [0.3, 0.4) is 0 Å². The van der Waals surface area contributed by atoms with Crippen LogP contribution in [0.15, 0.2) is 81.5 Å². The fourth-order valence-corrected chi connectivity index (χ4v) is 5.94. The number of allylic oxidation sites excluding steroid dienone is 2. The molecule has 7 nitrogen and oxygen atoms in total. The van der Waals surface area contributed by atoms with Crippen molar-refractivity contribution in [1.29, 1.82) is 0 Å². The number of fused-ring (bicyclic) bond motifs is 4. The molecule has 1 aliphatic heterocycles. The van der Waals surface area contributed by atoms with E-state index in [2.05, 4.69) is 13.0 Å². The highest BCUT2D eigenvalue weighted by atomic mass is 16.5. The summed E-state index contributed by atoms with van der Waals surface area (Å²) in [6.45, 7) is 2.10. The molecule has 1 aliphatic carbocycles. The van der Waals surface area contributed by atoms with E-state index in [9.17, 15) is 20.1 Å². The van der Waals surface area contributed by atoms with Gasteiger partial charge in [-0.2, -0.15) is 0 Å². The number of methoxy groups -OCH3 is 1. The standard InChI is InChI=1S/C30H26O7/c1-15-9-21(19-6-5-18(31)13-26(19)35-2)29-22(10-15)20-11-16-4-8-28(34)36-25(16)14-27(20)37-30(29)17-3-7-23(32)24(33)12-17/h3-8,10-14,21-22,29-33H,9H2,1-2H3/t21?,22?,29-,30+/m0/s1. The van der Waals surface area contributed by atoms with E-state index < -0.39 is 11.7 Å². The zero-order valence-electron chi connectivity index (χ0n) is 20.3. The van der Waals surface area contributed by atoms with Crippen LogP contribution in [0, 0.1) is 5.92 Å². The van der Waals surface area contributed by atoms with Gasteiger partial charge in [-0.05, 0) is 60.7 Å². The third kappa shape index (κ3) is 3.87. The minimum atomic E-state index is -0.496. The van der Waals surface area contributed by atoms with E-state index in [0.29, 0.717) is 22.6 Å². The van der Waals surface area contributed by atoms with E-state index in [1.165, 1.54) is 23.8 Å². The average molecular weight is 499 g/mol. The highest BCUT2D eigenvalue weighted by Gasteiger charge is 2.46. The van der Waals surface area contributed by atoms with Crippen molar-refractivity contribution in [1.82, 2.24) is 0 Å². The van der Waals surface area contributed by atoms with Crippen molar-refractivity contribution >= 4 is 11.0 Å². The third-order valence-electron chi connectivity index (χ3n) is 7.54. The number of benzene rings is 3. The van der Waals surface area contributed by atoms with Crippen LogP contribution in [0.4, 0.5) is 0 Å². The summed E-state index contributed by atoms with van der Waals surface area (Å²) in [6.07, 6.45) is 2.52. The van der Waals surface area contributed by atoms with Crippen LogP contribution in [0.1, 0.15) is 48.0 Å². The van der Waals surface area contributed by atoms with E-state index in [0.717, 1.165) is 22.9 Å². The quantitative estimate of drug-likeness (QED) is 0.184. The van der Waals surface area contributed by atoms with Crippen molar-refractivity contribution in [2.45, 2.75) is 31.3 Å². The molecule has 2 aliphatic rings. The Labute approximate surface area is 212 Å². The largest absolute Gasteiger partial charge is 0.508 e. The second kappa shape index (κ2) is 8.62. The van der Waals surface area contributed by atoms with Crippen molar-refractivity contribution in [3.05, 3.63) is 99.4 Å². The van der Waals surface area contributed by atoms with Gasteiger partial charge in [0.25, 0.3) is 0 Å². The minimum absolute atomic E-state index is 0.0379. The summed E-state index contributed by atoms with van der Waals surface area (Å²) in [5.41, 5.74) is 3.85. The molecule has 0 saturated carbocycles. The molecule has 0 amide bonds. The summed E-state index contributed by atoms with van der Waals surface area (Å²) in [5.74, 6) is 0.682. The number of ether oxygens (including phenoxy) is 2. The first-order chi connectivity index (χ1) is 17.8. The number of hydrogen-bond acceptors (Lipinski definition) is 7. The lowest BCUT2D eigenvalue weighted by molar-refractivity contribution is 0.0790. The van der Waals surface area contributed by atoms with Crippen molar-refractivity contribution in [3.8, 4) is 28.7 Å².